The fourth-order valence-corrected chi connectivity index (χ4v) is 2.45. The van der Waals surface area contributed by atoms with Gasteiger partial charge in [0, 0.05) is 0 Å². The van der Waals surface area contributed by atoms with E-state index in [-0.39, 0.29) is 17.4 Å². The number of carbonyl (C=O) groups excluding carboxylic acids is 1. The van der Waals surface area contributed by atoms with Crippen LogP contribution in [0.15, 0.2) is 41.6 Å². The highest BCUT2D eigenvalue weighted by Gasteiger charge is 2.31. The minimum Gasteiger partial charge on any atom is -0.504 e. The normalized spacial score (nSPS) is 11.5. The van der Waals surface area contributed by atoms with Gasteiger partial charge in [-0.1, -0.05) is 6.07 Å². The largest absolute Gasteiger partial charge is 0.504 e. The van der Waals surface area contributed by atoms with Crippen LogP contribution in [-0.2, 0) is 15.7 Å². The van der Waals surface area contributed by atoms with E-state index in [0.29, 0.717) is 10.9 Å². The molecule has 2 aromatic rings. The third-order valence-corrected chi connectivity index (χ3v) is 3.69. The number of hydrogen-bond donors (Lipinski definition) is 0. The molecule has 0 fully saturated rings. The summed E-state index contributed by atoms with van der Waals surface area (Å²) in [5.41, 5.74) is -0.877. The van der Waals surface area contributed by atoms with Crippen LogP contribution >= 0.6 is 11.8 Å². The van der Waals surface area contributed by atoms with Crippen molar-refractivity contribution >= 4 is 17.7 Å². The van der Waals surface area contributed by atoms with Gasteiger partial charge < -0.3 is 14.2 Å². The van der Waals surface area contributed by atoms with E-state index in [2.05, 4.69) is 14.7 Å². The highest BCUT2D eigenvalue weighted by Crippen LogP contribution is 2.38. The van der Waals surface area contributed by atoms with Gasteiger partial charge in [-0.25, -0.2) is 9.78 Å². The molecule has 0 spiro atoms. The van der Waals surface area contributed by atoms with Gasteiger partial charge in [-0.05, 0) is 31.4 Å². The van der Waals surface area contributed by atoms with Crippen LogP contribution in [0.3, 0.4) is 0 Å². The smallest absolute Gasteiger partial charge is 0.416 e. The number of alkyl halides is 3. The van der Waals surface area contributed by atoms with Crippen LogP contribution in [0.5, 0.6) is 17.4 Å². The zero-order valence-electron chi connectivity index (χ0n) is 14.5. The number of rotatable bonds is 6. The number of esters is 1. The predicted octanol–water partition coefficient (Wildman–Crippen LogP) is 4.38. The van der Waals surface area contributed by atoms with Crippen LogP contribution in [0.2, 0.25) is 0 Å². The lowest BCUT2D eigenvalue weighted by atomic mass is 10.2. The topological polar surface area (TPSA) is 70.5 Å². The summed E-state index contributed by atoms with van der Waals surface area (Å²) < 4.78 is 54.0. The zero-order chi connectivity index (χ0) is 20.0. The maximum absolute atomic E-state index is 12.9. The quantitative estimate of drug-likeness (QED) is 0.234. The standard InChI is InChI=1S/C17H15F3N2O4S/c1-10-21-15(25-12-6-4-5-11(9-12)17(18,19)20)14(16(22-10)27-3)26-13(23)7-8-24-2/h4-9H,1-3H3. The van der Waals surface area contributed by atoms with Crippen molar-refractivity contribution in [3.05, 3.63) is 48.0 Å². The van der Waals surface area contributed by atoms with E-state index in [4.69, 9.17) is 9.47 Å². The second kappa shape index (κ2) is 8.76. The fourth-order valence-electron chi connectivity index (χ4n) is 1.91. The number of carbonyl (C=O) groups is 1. The van der Waals surface area contributed by atoms with Crippen LogP contribution in [0.4, 0.5) is 13.2 Å². The van der Waals surface area contributed by atoms with Gasteiger partial charge in [0.2, 0.25) is 5.75 Å². The Morgan fingerprint density at radius 3 is 2.63 bits per heavy atom. The molecule has 0 bridgehead atoms. The Balaban J connectivity index is 2.42. The van der Waals surface area contributed by atoms with Gasteiger partial charge in [0.05, 0.1) is 25.0 Å². The third kappa shape index (κ3) is 5.61. The maximum Gasteiger partial charge on any atom is 0.416 e. The number of hydrogen-bond acceptors (Lipinski definition) is 7. The van der Waals surface area contributed by atoms with E-state index in [9.17, 15) is 18.0 Å². The molecule has 10 heteroatoms. The first kappa shape index (κ1) is 20.6. The predicted molar refractivity (Wildman–Crippen MR) is 91.9 cm³/mol. The Hall–Kier alpha value is -2.75. The Bertz CT molecular complexity index is 857. The minimum atomic E-state index is -4.52. The number of ether oxygens (including phenoxy) is 3. The van der Waals surface area contributed by atoms with Crippen molar-refractivity contribution in [2.24, 2.45) is 0 Å². The van der Waals surface area contributed by atoms with Gasteiger partial charge in [-0.15, -0.1) is 11.8 Å². The van der Waals surface area contributed by atoms with E-state index in [1.807, 2.05) is 0 Å². The minimum absolute atomic E-state index is 0.101. The van der Waals surface area contributed by atoms with Crippen molar-refractivity contribution in [1.82, 2.24) is 9.97 Å². The average molecular weight is 400 g/mol. The highest BCUT2D eigenvalue weighted by atomic mass is 32.2. The molecule has 0 aliphatic carbocycles. The third-order valence-electron chi connectivity index (χ3n) is 3.03. The maximum atomic E-state index is 12.9. The Kier molecular flexibility index (Phi) is 6.67. The SMILES string of the molecule is COC=CC(=O)Oc1c(Oc2cccc(C(F)(F)F)c2)nc(C)nc1SC. The molecular weight excluding hydrogens is 385 g/mol. The fraction of sp³-hybridized carbons (Fsp3) is 0.235. The number of halogens is 3. The molecule has 0 aliphatic heterocycles. The van der Waals surface area contributed by atoms with Crippen molar-refractivity contribution in [3.8, 4) is 17.4 Å². The molecule has 0 saturated heterocycles. The van der Waals surface area contributed by atoms with Gasteiger partial charge in [0.15, 0.2) is 0 Å². The molecule has 0 amide bonds. The highest BCUT2D eigenvalue weighted by molar-refractivity contribution is 7.98. The van der Waals surface area contributed by atoms with E-state index < -0.39 is 17.7 Å². The van der Waals surface area contributed by atoms with E-state index >= 15 is 0 Å². The van der Waals surface area contributed by atoms with Crippen molar-refractivity contribution in [2.75, 3.05) is 13.4 Å². The van der Waals surface area contributed by atoms with Crippen molar-refractivity contribution in [1.29, 1.82) is 0 Å². The zero-order valence-corrected chi connectivity index (χ0v) is 15.4. The van der Waals surface area contributed by atoms with Crippen LogP contribution < -0.4 is 9.47 Å². The summed E-state index contributed by atoms with van der Waals surface area (Å²) in [6.45, 7) is 1.58. The molecule has 0 aliphatic rings. The Morgan fingerprint density at radius 2 is 2.00 bits per heavy atom. The molecule has 0 radical (unpaired) electrons. The second-order valence-corrected chi connectivity index (χ2v) is 5.80. The summed E-state index contributed by atoms with van der Waals surface area (Å²) in [6, 6.07) is 4.28. The van der Waals surface area contributed by atoms with Crippen LogP contribution in [0.1, 0.15) is 11.4 Å². The summed E-state index contributed by atoms with van der Waals surface area (Å²) in [5, 5.41) is 0.295. The lowest BCUT2D eigenvalue weighted by Crippen LogP contribution is -2.09. The Morgan fingerprint density at radius 1 is 1.26 bits per heavy atom. The van der Waals surface area contributed by atoms with Gasteiger partial charge in [0.25, 0.3) is 5.88 Å². The molecule has 6 nitrogen and oxygen atoms in total. The number of nitrogens with zero attached hydrogens (tertiary/aromatic N) is 2. The number of aromatic nitrogens is 2. The number of benzene rings is 1. The monoisotopic (exact) mass is 400 g/mol. The van der Waals surface area contributed by atoms with E-state index in [1.54, 1.807) is 13.2 Å². The molecule has 0 atom stereocenters. The van der Waals surface area contributed by atoms with Gasteiger partial charge >= 0.3 is 12.1 Å². The summed E-state index contributed by atoms with van der Waals surface area (Å²) in [7, 11) is 1.36. The molecule has 0 unspecified atom stereocenters. The number of methoxy groups -OCH3 is 1. The van der Waals surface area contributed by atoms with Crippen molar-refractivity contribution < 1.29 is 32.2 Å². The molecule has 2 rings (SSSR count). The first-order valence-electron chi connectivity index (χ1n) is 7.43. The van der Waals surface area contributed by atoms with Gasteiger partial charge in [-0.2, -0.15) is 18.2 Å². The summed E-state index contributed by atoms with van der Waals surface area (Å²) >= 11 is 1.16. The molecule has 144 valence electrons. The molecule has 27 heavy (non-hydrogen) atoms. The molecular formula is C17H15F3N2O4S. The van der Waals surface area contributed by atoms with Crippen molar-refractivity contribution in [2.45, 2.75) is 18.1 Å². The van der Waals surface area contributed by atoms with E-state index in [1.165, 1.54) is 19.2 Å². The Labute approximate surface area is 157 Å². The van der Waals surface area contributed by atoms with E-state index in [0.717, 1.165) is 36.2 Å². The molecule has 1 aromatic carbocycles. The summed E-state index contributed by atoms with van der Waals surface area (Å²) in [6.07, 6.45) is -0.689. The lowest BCUT2D eigenvalue weighted by Gasteiger charge is -2.14. The second-order valence-electron chi connectivity index (χ2n) is 5.00. The molecule has 0 N–H and O–H groups in total. The molecule has 1 heterocycles. The van der Waals surface area contributed by atoms with Gasteiger partial charge in [-0.3, -0.25) is 0 Å². The molecule has 0 saturated carbocycles. The number of thioether (sulfide) groups is 1. The molecule has 1 aromatic heterocycles. The van der Waals surface area contributed by atoms with Crippen LogP contribution in [0.25, 0.3) is 0 Å². The van der Waals surface area contributed by atoms with Gasteiger partial charge in [0.1, 0.15) is 16.6 Å². The van der Waals surface area contributed by atoms with Crippen molar-refractivity contribution in [3.63, 3.8) is 0 Å². The summed E-state index contributed by atoms with van der Waals surface area (Å²) in [5.74, 6) is -0.872. The van der Waals surface area contributed by atoms with Crippen LogP contribution in [-0.4, -0.2) is 29.3 Å². The van der Waals surface area contributed by atoms with Crippen LogP contribution in [0, 0.1) is 6.92 Å². The first-order chi connectivity index (χ1) is 12.7. The lowest BCUT2D eigenvalue weighted by molar-refractivity contribution is -0.137. The first-order valence-corrected chi connectivity index (χ1v) is 8.66. The number of aryl methyl sites for hydroxylation is 1. The average Bonchev–Trinajstić information content (AvgIpc) is 2.61. The summed E-state index contributed by atoms with van der Waals surface area (Å²) in [4.78, 5) is 20.0.